The maximum Gasteiger partial charge on any atom is 0.363 e. The van der Waals surface area contributed by atoms with Gasteiger partial charge < -0.3 is 20.3 Å². The molecule has 1 aromatic heterocycles. The van der Waals surface area contributed by atoms with E-state index in [2.05, 4.69) is 4.98 Å². The lowest BCUT2D eigenvalue weighted by atomic mass is 10.3. The van der Waals surface area contributed by atoms with Crippen LogP contribution in [-0.4, -0.2) is 47.2 Å². The number of carboxylic acids is 1. The second-order valence-electron chi connectivity index (χ2n) is 3.65. The minimum Gasteiger partial charge on any atom is -0.479 e. The second-order valence-corrected chi connectivity index (χ2v) is 5.42. The van der Waals surface area contributed by atoms with Crippen LogP contribution in [0.4, 0.5) is 5.82 Å². The number of aromatic nitrogens is 1. The molecular formula is C9H11N3O7S. The quantitative estimate of drug-likeness (QED) is 0.431. The fourth-order valence-electron chi connectivity index (χ4n) is 1.18. The lowest BCUT2D eigenvalue weighted by Crippen LogP contribution is -2.30. The third-order valence-corrected chi connectivity index (χ3v) is 3.66. The van der Waals surface area contributed by atoms with Gasteiger partial charge in [0.25, 0.3) is 0 Å². The van der Waals surface area contributed by atoms with Gasteiger partial charge in [0.15, 0.2) is 12.3 Å². The number of rotatable bonds is 7. The van der Waals surface area contributed by atoms with Crippen molar-refractivity contribution in [2.24, 2.45) is 0 Å². The minimum absolute atomic E-state index is 0.298. The largest absolute Gasteiger partial charge is 0.479 e. The summed E-state index contributed by atoms with van der Waals surface area (Å²) in [6, 6.07) is 1.93. The van der Waals surface area contributed by atoms with Crippen molar-refractivity contribution in [3.05, 3.63) is 28.4 Å². The van der Waals surface area contributed by atoms with Crippen LogP contribution in [0.3, 0.4) is 0 Å². The summed E-state index contributed by atoms with van der Waals surface area (Å²) < 4.78 is 25.5. The Morgan fingerprint density at radius 2 is 2.15 bits per heavy atom. The van der Waals surface area contributed by atoms with Gasteiger partial charge in [-0.1, -0.05) is 0 Å². The minimum atomic E-state index is -3.96. The monoisotopic (exact) mass is 305 g/mol. The Hall–Kier alpha value is -2.11. The predicted octanol–water partition coefficient (Wildman–Crippen LogP) is -0.896. The first-order chi connectivity index (χ1) is 9.24. The molecule has 0 saturated heterocycles. The molecule has 0 fully saturated rings. The Bertz CT molecular complexity index is 598. The van der Waals surface area contributed by atoms with E-state index in [9.17, 15) is 23.3 Å². The number of sulfonamides is 1. The maximum absolute atomic E-state index is 11.7. The summed E-state index contributed by atoms with van der Waals surface area (Å²) in [7, 11) is -3.96. The molecule has 110 valence electrons. The van der Waals surface area contributed by atoms with E-state index in [-0.39, 0.29) is 17.9 Å². The Labute approximate surface area is 113 Å². The van der Waals surface area contributed by atoms with Crippen LogP contribution >= 0.6 is 0 Å². The molecule has 0 spiro atoms. The molecular weight excluding hydrogens is 294 g/mol. The van der Waals surface area contributed by atoms with Crippen molar-refractivity contribution in [1.29, 1.82) is 0 Å². The molecule has 0 aliphatic heterocycles. The number of pyridine rings is 1. The zero-order chi connectivity index (χ0) is 15.3. The highest BCUT2D eigenvalue weighted by Crippen LogP contribution is 2.12. The highest BCUT2D eigenvalue weighted by molar-refractivity contribution is 7.89. The standard InChI is InChI=1S/C9H11N3O7S/c13-7(9(14)15)3-4-11-20(18,19)6-1-2-8(10-5-6)12(16)17/h1-2,5,7,11,13H,3-4H2,(H,14,15). The van der Waals surface area contributed by atoms with Crippen LogP contribution in [0.1, 0.15) is 6.42 Å². The molecule has 0 bridgehead atoms. The van der Waals surface area contributed by atoms with Gasteiger partial charge in [-0.2, -0.15) is 0 Å². The van der Waals surface area contributed by atoms with Gasteiger partial charge in [0.05, 0.1) is 0 Å². The number of hydrogen-bond acceptors (Lipinski definition) is 7. The SMILES string of the molecule is O=C(O)C(O)CCNS(=O)(=O)c1ccc([N+](=O)[O-])nc1. The summed E-state index contributed by atoms with van der Waals surface area (Å²) in [6.07, 6.45) is -1.17. The van der Waals surface area contributed by atoms with Gasteiger partial charge in [-0.15, -0.1) is 0 Å². The van der Waals surface area contributed by atoms with Crippen LogP contribution in [-0.2, 0) is 14.8 Å². The molecule has 1 unspecified atom stereocenters. The summed E-state index contributed by atoms with van der Waals surface area (Å²) in [5.41, 5.74) is 0. The lowest BCUT2D eigenvalue weighted by Gasteiger charge is -2.07. The summed E-state index contributed by atoms with van der Waals surface area (Å²) >= 11 is 0. The molecule has 1 aromatic rings. The van der Waals surface area contributed by atoms with E-state index in [1.165, 1.54) is 0 Å². The number of nitro groups is 1. The van der Waals surface area contributed by atoms with Crippen molar-refractivity contribution in [3.63, 3.8) is 0 Å². The first kappa shape index (κ1) is 15.9. The number of nitrogens with one attached hydrogen (secondary N) is 1. The summed E-state index contributed by atoms with van der Waals surface area (Å²) in [5.74, 6) is -1.95. The van der Waals surface area contributed by atoms with Gasteiger partial charge >= 0.3 is 11.8 Å². The van der Waals surface area contributed by atoms with E-state index in [1.54, 1.807) is 0 Å². The number of aliphatic hydroxyl groups excluding tert-OH is 1. The Balaban J connectivity index is 2.69. The summed E-state index contributed by atoms with van der Waals surface area (Å²) in [6.45, 7) is -0.299. The van der Waals surface area contributed by atoms with Crippen LogP contribution in [0.2, 0.25) is 0 Å². The summed E-state index contributed by atoms with van der Waals surface area (Å²) in [4.78, 5) is 23.0. The van der Waals surface area contributed by atoms with E-state index in [1.807, 2.05) is 4.72 Å². The predicted molar refractivity (Wildman–Crippen MR) is 64.3 cm³/mol. The van der Waals surface area contributed by atoms with Crippen molar-refractivity contribution in [2.75, 3.05) is 6.54 Å². The average Bonchev–Trinajstić information content (AvgIpc) is 2.38. The molecule has 1 rings (SSSR count). The van der Waals surface area contributed by atoms with E-state index < -0.39 is 32.8 Å². The number of carboxylic acid groups (broad SMARTS) is 1. The highest BCUT2D eigenvalue weighted by Gasteiger charge is 2.19. The molecule has 0 aromatic carbocycles. The molecule has 0 saturated carbocycles. The number of hydrogen-bond donors (Lipinski definition) is 3. The molecule has 0 aliphatic rings. The maximum atomic E-state index is 11.7. The highest BCUT2D eigenvalue weighted by atomic mass is 32.2. The summed E-state index contributed by atoms with van der Waals surface area (Å²) in [5, 5.41) is 27.7. The fraction of sp³-hybridized carbons (Fsp3) is 0.333. The number of nitrogens with zero attached hydrogens (tertiary/aromatic N) is 2. The van der Waals surface area contributed by atoms with E-state index >= 15 is 0 Å². The smallest absolute Gasteiger partial charge is 0.363 e. The van der Waals surface area contributed by atoms with Gasteiger partial charge in [-0.3, -0.25) is 0 Å². The molecule has 0 radical (unpaired) electrons. The number of aliphatic hydroxyl groups is 1. The van der Waals surface area contributed by atoms with E-state index in [4.69, 9.17) is 10.2 Å². The average molecular weight is 305 g/mol. The molecule has 3 N–H and O–H groups in total. The third-order valence-electron chi connectivity index (χ3n) is 2.21. The third kappa shape index (κ3) is 4.22. The van der Waals surface area contributed by atoms with Gasteiger partial charge in [0.1, 0.15) is 4.90 Å². The van der Waals surface area contributed by atoms with Crippen molar-refractivity contribution < 1.29 is 28.3 Å². The van der Waals surface area contributed by atoms with Gasteiger partial charge in [0, 0.05) is 12.6 Å². The molecule has 20 heavy (non-hydrogen) atoms. The van der Waals surface area contributed by atoms with Crippen LogP contribution in [0.15, 0.2) is 23.2 Å². The molecule has 1 heterocycles. The molecule has 0 amide bonds. The van der Waals surface area contributed by atoms with E-state index in [0.29, 0.717) is 0 Å². The fourth-order valence-corrected chi connectivity index (χ4v) is 2.17. The zero-order valence-electron chi connectivity index (χ0n) is 9.96. The van der Waals surface area contributed by atoms with Crippen molar-refractivity contribution >= 4 is 21.8 Å². The Morgan fingerprint density at radius 3 is 2.60 bits per heavy atom. The number of aliphatic carboxylic acids is 1. The first-order valence-corrected chi connectivity index (χ1v) is 6.73. The molecule has 11 heteroatoms. The second kappa shape index (κ2) is 6.36. The van der Waals surface area contributed by atoms with Crippen molar-refractivity contribution in [2.45, 2.75) is 17.4 Å². The molecule has 10 nitrogen and oxygen atoms in total. The lowest BCUT2D eigenvalue weighted by molar-refractivity contribution is -0.389. The topological polar surface area (TPSA) is 160 Å². The van der Waals surface area contributed by atoms with Gasteiger partial charge in [-0.05, 0) is 22.4 Å². The molecule has 1 atom stereocenters. The van der Waals surface area contributed by atoms with Crippen LogP contribution in [0.25, 0.3) is 0 Å². The van der Waals surface area contributed by atoms with Crippen LogP contribution < -0.4 is 4.72 Å². The Morgan fingerprint density at radius 1 is 1.50 bits per heavy atom. The van der Waals surface area contributed by atoms with Crippen LogP contribution in [0, 0.1) is 10.1 Å². The first-order valence-electron chi connectivity index (χ1n) is 5.25. The zero-order valence-corrected chi connectivity index (χ0v) is 10.8. The van der Waals surface area contributed by atoms with Crippen molar-refractivity contribution in [3.8, 4) is 0 Å². The normalized spacial score (nSPS) is 12.8. The van der Waals surface area contributed by atoms with Gasteiger partial charge in [-0.25, -0.2) is 17.9 Å². The van der Waals surface area contributed by atoms with Crippen LogP contribution in [0.5, 0.6) is 0 Å². The van der Waals surface area contributed by atoms with Gasteiger partial charge in [0.2, 0.25) is 10.0 Å². The number of carbonyl (C=O) groups is 1. The molecule has 0 aliphatic carbocycles. The van der Waals surface area contributed by atoms with E-state index in [0.717, 1.165) is 18.3 Å². The Kier molecular flexibility index (Phi) is 5.07. The van der Waals surface area contributed by atoms with Crippen molar-refractivity contribution in [1.82, 2.24) is 9.71 Å².